The van der Waals surface area contributed by atoms with Crippen LogP contribution >= 0.6 is 0 Å². The molecule has 1 N–H and O–H groups in total. The Kier molecular flexibility index (Phi) is 6.57. The SMILES string of the molecule is CCC(NC(=O)c1ccc(N(C)S(=O)(=O)c2ccc(C)cc2)cc1)c1ccccc1. The predicted molar refractivity (Wildman–Crippen MR) is 120 cm³/mol. The van der Waals surface area contributed by atoms with Crippen LogP contribution in [0.25, 0.3) is 0 Å². The van der Waals surface area contributed by atoms with Crippen LogP contribution in [0.4, 0.5) is 5.69 Å². The fourth-order valence-corrected chi connectivity index (χ4v) is 4.37. The lowest BCUT2D eigenvalue weighted by Gasteiger charge is -2.20. The van der Waals surface area contributed by atoms with Gasteiger partial charge in [0.1, 0.15) is 0 Å². The van der Waals surface area contributed by atoms with Gasteiger partial charge in [0, 0.05) is 12.6 Å². The van der Waals surface area contributed by atoms with Crippen LogP contribution in [0.2, 0.25) is 0 Å². The number of benzene rings is 3. The third kappa shape index (κ3) is 4.71. The highest BCUT2D eigenvalue weighted by Crippen LogP contribution is 2.23. The van der Waals surface area contributed by atoms with Crippen LogP contribution in [0.15, 0.2) is 83.8 Å². The number of nitrogens with one attached hydrogen (secondary N) is 1. The molecule has 0 saturated carbocycles. The smallest absolute Gasteiger partial charge is 0.264 e. The van der Waals surface area contributed by atoms with Gasteiger partial charge < -0.3 is 5.32 Å². The Balaban J connectivity index is 1.75. The second-order valence-corrected chi connectivity index (χ2v) is 9.15. The average molecular weight is 423 g/mol. The van der Waals surface area contributed by atoms with E-state index >= 15 is 0 Å². The molecule has 1 amide bonds. The molecule has 1 atom stereocenters. The van der Waals surface area contributed by atoms with E-state index < -0.39 is 10.0 Å². The van der Waals surface area contributed by atoms with E-state index in [0.29, 0.717) is 11.3 Å². The Hall–Kier alpha value is -3.12. The molecule has 30 heavy (non-hydrogen) atoms. The Bertz CT molecular complexity index is 1090. The summed E-state index contributed by atoms with van der Waals surface area (Å²) in [4.78, 5) is 12.9. The normalized spacial score (nSPS) is 12.2. The van der Waals surface area contributed by atoms with Crippen LogP contribution < -0.4 is 9.62 Å². The molecule has 0 radical (unpaired) electrons. The molecular formula is C24H26N2O3S. The number of hydrogen-bond acceptors (Lipinski definition) is 3. The van der Waals surface area contributed by atoms with Crippen molar-refractivity contribution in [2.45, 2.75) is 31.2 Å². The van der Waals surface area contributed by atoms with Crippen LogP contribution in [-0.2, 0) is 10.0 Å². The molecule has 5 nitrogen and oxygen atoms in total. The van der Waals surface area contributed by atoms with Crippen LogP contribution in [0, 0.1) is 6.92 Å². The minimum Gasteiger partial charge on any atom is -0.345 e. The van der Waals surface area contributed by atoms with Gasteiger partial charge >= 0.3 is 0 Å². The maximum Gasteiger partial charge on any atom is 0.264 e. The van der Waals surface area contributed by atoms with Gasteiger partial charge in [0.05, 0.1) is 16.6 Å². The summed E-state index contributed by atoms with van der Waals surface area (Å²) in [6.07, 6.45) is 0.769. The lowest BCUT2D eigenvalue weighted by molar-refractivity contribution is 0.0935. The minimum atomic E-state index is -3.67. The van der Waals surface area contributed by atoms with Gasteiger partial charge in [-0.05, 0) is 55.3 Å². The Morgan fingerprint density at radius 2 is 1.53 bits per heavy atom. The predicted octanol–water partition coefficient (Wildman–Crippen LogP) is 4.70. The number of aryl methyl sites for hydroxylation is 1. The summed E-state index contributed by atoms with van der Waals surface area (Å²) in [5, 5.41) is 3.04. The molecule has 0 aliphatic rings. The van der Waals surface area contributed by atoms with E-state index in [0.717, 1.165) is 17.5 Å². The summed E-state index contributed by atoms with van der Waals surface area (Å²) in [6, 6.07) is 23.0. The molecule has 0 aliphatic carbocycles. The van der Waals surface area contributed by atoms with Gasteiger partial charge in [0.25, 0.3) is 15.9 Å². The fourth-order valence-electron chi connectivity index (χ4n) is 3.18. The number of carbonyl (C=O) groups is 1. The van der Waals surface area contributed by atoms with Crippen molar-refractivity contribution in [1.29, 1.82) is 0 Å². The van der Waals surface area contributed by atoms with E-state index in [9.17, 15) is 13.2 Å². The number of amides is 1. The van der Waals surface area contributed by atoms with Gasteiger partial charge in [-0.2, -0.15) is 0 Å². The van der Waals surface area contributed by atoms with Gasteiger partial charge in [-0.3, -0.25) is 9.10 Å². The lowest BCUT2D eigenvalue weighted by atomic mass is 10.0. The van der Waals surface area contributed by atoms with Crippen molar-refractivity contribution < 1.29 is 13.2 Å². The van der Waals surface area contributed by atoms with Crippen LogP contribution in [0.5, 0.6) is 0 Å². The summed E-state index contributed by atoms with van der Waals surface area (Å²) in [6.45, 7) is 3.93. The zero-order chi connectivity index (χ0) is 21.7. The van der Waals surface area contributed by atoms with E-state index in [1.54, 1.807) is 48.5 Å². The number of carbonyl (C=O) groups excluding carboxylic acids is 1. The lowest BCUT2D eigenvalue weighted by Crippen LogP contribution is -2.28. The van der Waals surface area contributed by atoms with Crippen molar-refractivity contribution in [3.8, 4) is 0 Å². The van der Waals surface area contributed by atoms with Gasteiger partial charge in [-0.25, -0.2) is 8.42 Å². The maximum absolute atomic E-state index is 12.9. The van der Waals surface area contributed by atoms with E-state index in [2.05, 4.69) is 5.32 Å². The molecule has 0 bridgehead atoms. The summed E-state index contributed by atoms with van der Waals surface area (Å²) in [5.74, 6) is -0.193. The highest BCUT2D eigenvalue weighted by Gasteiger charge is 2.21. The molecule has 3 rings (SSSR count). The summed E-state index contributed by atoms with van der Waals surface area (Å²) >= 11 is 0. The zero-order valence-corrected chi connectivity index (χ0v) is 18.2. The number of anilines is 1. The molecule has 0 aromatic heterocycles. The van der Waals surface area contributed by atoms with Gasteiger partial charge in [0.15, 0.2) is 0 Å². The maximum atomic E-state index is 12.9. The first-order chi connectivity index (χ1) is 14.3. The van der Waals surface area contributed by atoms with Crippen molar-refractivity contribution in [2.75, 3.05) is 11.4 Å². The van der Waals surface area contributed by atoms with Crippen LogP contribution in [-0.4, -0.2) is 21.4 Å². The number of hydrogen-bond donors (Lipinski definition) is 1. The van der Waals surface area contributed by atoms with Crippen molar-refractivity contribution >= 4 is 21.6 Å². The number of sulfonamides is 1. The van der Waals surface area contributed by atoms with Crippen LogP contribution in [0.3, 0.4) is 0 Å². The standard InChI is InChI=1S/C24H26N2O3S/c1-4-23(19-8-6-5-7-9-19)25-24(27)20-12-14-21(15-13-20)26(3)30(28,29)22-16-10-18(2)11-17-22/h5-17,23H,4H2,1-3H3,(H,25,27). The fraction of sp³-hybridized carbons (Fsp3) is 0.208. The van der Waals surface area contributed by atoms with Gasteiger partial charge in [-0.1, -0.05) is 55.0 Å². The average Bonchev–Trinajstić information content (AvgIpc) is 2.77. The van der Waals surface area contributed by atoms with E-state index in [1.807, 2.05) is 44.2 Å². The van der Waals surface area contributed by atoms with E-state index in [-0.39, 0.29) is 16.8 Å². The first-order valence-electron chi connectivity index (χ1n) is 9.84. The Labute approximate surface area is 178 Å². The topological polar surface area (TPSA) is 66.5 Å². The monoisotopic (exact) mass is 422 g/mol. The van der Waals surface area contributed by atoms with Crippen molar-refractivity contribution in [2.24, 2.45) is 0 Å². The Morgan fingerprint density at radius 3 is 2.10 bits per heavy atom. The van der Waals surface area contributed by atoms with Crippen LogP contribution in [0.1, 0.15) is 40.9 Å². The molecule has 0 spiro atoms. The molecule has 6 heteroatoms. The molecule has 1 unspecified atom stereocenters. The molecule has 0 heterocycles. The first kappa shape index (κ1) is 21.6. The Morgan fingerprint density at radius 1 is 0.933 bits per heavy atom. The molecular weight excluding hydrogens is 396 g/mol. The highest BCUT2D eigenvalue weighted by atomic mass is 32.2. The third-order valence-electron chi connectivity index (χ3n) is 5.09. The largest absolute Gasteiger partial charge is 0.345 e. The van der Waals surface area contributed by atoms with Crippen molar-refractivity contribution in [3.63, 3.8) is 0 Å². The molecule has 3 aromatic rings. The molecule has 0 saturated heterocycles. The number of rotatable bonds is 7. The van der Waals surface area contributed by atoms with Crippen molar-refractivity contribution in [3.05, 3.63) is 95.6 Å². The molecule has 156 valence electrons. The zero-order valence-electron chi connectivity index (χ0n) is 17.4. The van der Waals surface area contributed by atoms with E-state index in [1.165, 1.54) is 11.4 Å². The number of nitrogens with zero attached hydrogens (tertiary/aromatic N) is 1. The van der Waals surface area contributed by atoms with Gasteiger partial charge in [-0.15, -0.1) is 0 Å². The second-order valence-electron chi connectivity index (χ2n) is 7.18. The quantitative estimate of drug-likeness (QED) is 0.600. The van der Waals surface area contributed by atoms with E-state index in [4.69, 9.17) is 0 Å². The third-order valence-corrected chi connectivity index (χ3v) is 6.89. The summed E-state index contributed by atoms with van der Waals surface area (Å²) in [7, 11) is -2.16. The first-order valence-corrected chi connectivity index (χ1v) is 11.3. The molecule has 0 fully saturated rings. The summed E-state index contributed by atoms with van der Waals surface area (Å²) < 4.78 is 26.9. The molecule has 0 aliphatic heterocycles. The molecule has 3 aromatic carbocycles. The van der Waals surface area contributed by atoms with Crippen molar-refractivity contribution in [1.82, 2.24) is 5.32 Å². The van der Waals surface area contributed by atoms with Gasteiger partial charge in [0.2, 0.25) is 0 Å². The second kappa shape index (κ2) is 9.13. The summed E-state index contributed by atoms with van der Waals surface area (Å²) in [5.41, 5.74) is 3.01. The minimum absolute atomic E-state index is 0.0806. The highest BCUT2D eigenvalue weighted by molar-refractivity contribution is 7.92.